The summed E-state index contributed by atoms with van der Waals surface area (Å²) in [6.45, 7) is -0.398. The topological polar surface area (TPSA) is 80.4 Å². The Kier molecular flexibility index (Phi) is 4.31. The van der Waals surface area contributed by atoms with Gasteiger partial charge in [0.05, 0.1) is 22.3 Å². The average molecular weight is 417 g/mol. The number of hydrogen-bond acceptors (Lipinski definition) is 4. The first-order valence-electron chi connectivity index (χ1n) is 6.95. The van der Waals surface area contributed by atoms with Crippen molar-refractivity contribution in [1.29, 1.82) is 0 Å². The van der Waals surface area contributed by atoms with Crippen LogP contribution in [0.15, 0.2) is 57.9 Å². The highest BCUT2D eigenvalue weighted by atomic mass is 79.9. The van der Waals surface area contributed by atoms with Gasteiger partial charge >= 0.3 is 0 Å². The zero-order valence-electron chi connectivity index (χ0n) is 12.0. The molecule has 7 heteroatoms. The SMILES string of the molecule is N[C@@]1(CO)[C@H](S(=O)(=O)c2ccc(Cl)cc2)[C@@H]1c1ccc(Br)cc1. The van der Waals surface area contributed by atoms with Gasteiger partial charge in [0.15, 0.2) is 9.84 Å². The third-order valence-electron chi connectivity index (χ3n) is 4.28. The standard InChI is InChI=1S/C16H15BrClNO3S/c17-11-3-1-10(2-4-11)14-15(16(14,19)9-20)23(21,22)13-7-5-12(18)6-8-13/h1-8,14-15,20H,9,19H2/t14-,15+,16+/m0/s1. The Bertz CT molecular complexity index is 823. The molecule has 3 rings (SSSR count). The maximum Gasteiger partial charge on any atom is 0.183 e. The van der Waals surface area contributed by atoms with Crippen molar-refractivity contribution in [3.05, 3.63) is 63.6 Å². The number of aliphatic hydroxyl groups excluding tert-OH is 1. The molecule has 4 nitrogen and oxygen atoms in total. The molecule has 0 amide bonds. The molecule has 0 saturated heterocycles. The van der Waals surface area contributed by atoms with Crippen LogP contribution in [0.3, 0.4) is 0 Å². The third-order valence-corrected chi connectivity index (χ3v) is 7.37. The lowest BCUT2D eigenvalue weighted by Gasteiger charge is -2.08. The highest BCUT2D eigenvalue weighted by Crippen LogP contribution is 2.55. The van der Waals surface area contributed by atoms with E-state index in [1.165, 1.54) is 24.3 Å². The predicted octanol–water partition coefficient (Wildman–Crippen LogP) is 2.73. The van der Waals surface area contributed by atoms with Crippen LogP contribution in [0.2, 0.25) is 5.02 Å². The largest absolute Gasteiger partial charge is 0.394 e. The van der Waals surface area contributed by atoms with Gasteiger partial charge in [-0.25, -0.2) is 8.42 Å². The first-order valence-corrected chi connectivity index (χ1v) is 9.67. The lowest BCUT2D eigenvalue weighted by atomic mass is 10.1. The van der Waals surface area contributed by atoms with Crippen LogP contribution in [0.5, 0.6) is 0 Å². The number of rotatable bonds is 4. The Labute approximate surface area is 148 Å². The van der Waals surface area contributed by atoms with Gasteiger partial charge in [-0.05, 0) is 42.0 Å². The molecule has 3 N–H and O–H groups in total. The van der Waals surface area contributed by atoms with E-state index in [0.29, 0.717) is 5.02 Å². The molecule has 2 aromatic carbocycles. The molecule has 2 aromatic rings. The van der Waals surface area contributed by atoms with Crippen molar-refractivity contribution in [1.82, 2.24) is 0 Å². The van der Waals surface area contributed by atoms with Crippen LogP contribution in [-0.4, -0.2) is 30.9 Å². The van der Waals surface area contributed by atoms with Crippen LogP contribution >= 0.6 is 27.5 Å². The average Bonchev–Trinajstić information content (AvgIpc) is 3.16. The molecule has 0 heterocycles. The van der Waals surface area contributed by atoms with Crippen molar-refractivity contribution in [2.24, 2.45) is 5.73 Å². The molecule has 0 bridgehead atoms. The number of halogens is 2. The Morgan fingerprint density at radius 3 is 2.22 bits per heavy atom. The smallest absolute Gasteiger partial charge is 0.183 e. The van der Waals surface area contributed by atoms with E-state index in [9.17, 15) is 13.5 Å². The highest BCUT2D eigenvalue weighted by molar-refractivity contribution is 9.10. The quantitative estimate of drug-likeness (QED) is 0.803. The minimum Gasteiger partial charge on any atom is -0.394 e. The Morgan fingerprint density at radius 1 is 1.13 bits per heavy atom. The first kappa shape index (κ1) is 16.9. The molecule has 3 atom stereocenters. The van der Waals surface area contributed by atoms with E-state index < -0.39 is 33.2 Å². The zero-order valence-corrected chi connectivity index (χ0v) is 15.1. The Hall–Kier alpha value is -0.920. The van der Waals surface area contributed by atoms with Gasteiger partial charge in [0.2, 0.25) is 0 Å². The summed E-state index contributed by atoms with van der Waals surface area (Å²) in [6.07, 6.45) is 0. The van der Waals surface area contributed by atoms with Crippen LogP contribution in [0.25, 0.3) is 0 Å². The summed E-state index contributed by atoms with van der Waals surface area (Å²) >= 11 is 9.16. The van der Waals surface area contributed by atoms with Gasteiger partial charge in [-0.3, -0.25) is 0 Å². The van der Waals surface area contributed by atoms with E-state index >= 15 is 0 Å². The summed E-state index contributed by atoms with van der Waals surface area (Å²) in [5.74, 6) is -0.443. The summed E-state index contributed by atoms with van der Waals surface area (Å²) in [5, 5.41) is 9.26. The molecule has 0 unspecified atom stereocenters. The fraction of sp³-hybridized carbons (Fsp3) is 0.250. The van der Waals surface area contributed by atoms with Gasteiger partial charge in [0.1, 0.15) is 0 Å². The molecule has 23 heavy (non-hydrogen) atoms. The van der Waals surface area contributed by atoms with E-state index in [-0.39, 0.29) is 4.90 Å². The minimum atomic E-state index is -3.67. The van der Waals surface area contributed by atoms with E-state index in [4.69, 9.17) is 17.3 Å². The lowest BCUT2D eigenvalue weighted by Crippen LogP contribution is -2.35. The molecule has 1 saturated carbocycles. The maximum atomic E-state index is 12.9. The van der Waals surface area contributed by atoms with E-state index in [2.05, 4.69) is 15.9 Å². The van der Waals surface area contributed by atoms with Crippen molar-refractivity contribution >= 4 is 37.4 Å². The third kappa shape index (κ3) is 2.83. The summed E-state index contributed by atoms with van der Waals surface area (Å²) in [4.78, 5) is 0.162. The van der Waals surface area contributed by atoms with E-state index in [1.54, 1.807) is 0 Å². The highest BCUT2D eigenvalue weighted by Gasteiger charge is 2.69. The summed E-state index contributed by atoms with van der Waals surface area (Å²) in [6, 6.07) is 13.3. The number of sulfone groups is 1. The van der Waals surface area contributed by atoms with Gasteiger partial charge in [-0.1, -0.05) is 39.7 Å². The van der Waals surface area contributed by atoms with Crippen LogP contribution in [0, 0.1) is 0 Å². The van der Waals surface area contributed by atoms with Gasteiger partial charge in [0, 0.05) is 15.4 Å². The predicted molar refractivity (Wildman–Crippen MR) is 93.3 cm³/mol. The monoisotopic (exact) mass is 415 g/mol. The number of hydrogen-bond donors (Lipinski definition) is 2. The molecule has 1 aliphatic rings. The Morgan fingerprint density at radius 2 is 1.70 bits per heavy atom. The van der Waals surface area contributed by atoms with Gasteiger partial charge in [-0.15, -0.1) is 0 Å². The Balaban J connectivity index is 2.01. The normalized spacial score (nSPS) is 27.0. The lowest BCUT2D eigenvalue weighted by molar-refractivity contribution is 0.253. The van der Waals surface area contributed by atoms with Crippen molar-refractivity contribution in [3.63, 3.8) is 0 Å². The molecule has 1 fully saturated rings. The number of nitrogens with two attached hydrogens (primary N) is 1. The van der Waals surface area contributed by atoms with Crippen molar-refractivity contribution in [2.75, 3.05) is 6.61 Å². The van der Waals surface area contributed by atoms with E-state index in [0.717, 1.165) is 10.0 Å². The molecule has 0 aromatic heterocycles. The first-order chi connectivity index (χ1) is 10.8. The van der Waals surface area contributed by atoms with Crippen LogP contribution < -0.4 is 5.73 Å². The fourth-order valence-electron chi connectivity index (χ4n) is 3.01. The van der Waals surface area contributed by atoms with Crippen LogP contribution in [0.1, 0.15) is 11.5 Å². The molecular weight excluding hydrogens is 402 g/mol. The second-order valence-corrected chi connectivity index (χ2v) is 9.14. The van der Waals surface area contributed by atoms with Crippen LogP contribution in [-0.2, 0) is 9.84 Å². The van der Waals surface area contributed by atoms with Crippen molar-refractivity contribution in [2.45, 2.75) is 21.6 Å². The molecule has 122 valence electrons. The molecule has 0 aliphatic heterocycles. The van der Waals surface area contributed by atoms with Gasteiger partial charge in [0.25, 0.3) is 0 Å². The fourth-order valence-corrected chi connectivity index (χ4v) is 5.69. The number of benzene rings is 2. The summed E-state index contributed by atoms with van der Waals surface area (Å²) in [7, 11) is -3.67. The van der Waals surface area contributed by atoms with E-state index in [1.807, 2.05) is 24.3 Å². The second kappa shape index (κ2) is 5.86. The molecule has 0 radical (unpaired) electrons. The summed E-state index contributed by atoms with van der Waals surface area (Å²) in [5.41, 5.74) is 5.81. The van der Waals surface area contributed by atoms with Crippen LogP contribution in [0.4, 0.5) is 0 Å². The van der Waals surface area contributed by atoms with Gasteiger partial charge < -0.3 is 10.8 Å². The zero-order chi connectivity index (χ0) is 16.8. The van der Waals surface area contributed by atoms with Crippen molar-refractivity contribution < 1.29 is 13.5 Å². The molecule has 1 aliphatic carbocycles. The molecule has 0 spiro atoms. The molecular formula is C16H15BrClNO3S. The minimum absolute atomic E-state index is 0.162. The van der Waals surface area contributed by atoms with Crippen molar-refractivity contribution in [3.8, 4) is 0 Å². The number of aliphatic hydroxyl groups is 1. The second-order valence-electron chi connectivity index (χ2n) is 5.72. The maximum absolute atomic E-state index is 12.9. The summed E-state index contributed by atoms with van der Waals surface area (Å²) < 4.78 is 26.7. The van der Waals surface area contributed by atoms with Gasteiger partial charge in [-0.2, -0.15) is 0 Å².